The lowest BCUT2D eigenvalue weighted by molar-refractivity contribution is -0.322. The molecule has 172 valence electrons. The van der Waals surface area contributed by atoms with Gasteiger partial charge in [-0.3, -0.25) is 4.79 Å². The molecule has 0 amide bonds. The number of hydrogen-bond acceptors (Lipinski definition) is 7. The summed E-state index contributed by atoms with van der Waals surface area (Å²) in [5.41, 5.74) is 0. The van der Waals surface area contributed by atoms with Crippen LogP contribution >= 0.6 is 0 Å². The Bertz CT molecular complexity index is 1030. The van der Waals surface area contributed by atoms with Gasteiger partial charge in [-0.2, -0.15) is 0 Å². The Kier molecular flexibility index (Phi) is 6.93. The van der Waals surface area contributed by atoms with E-state index in [0.29, 0.717) is 17.2 Å². The fourth-order valence-corrected chi connectivity index (χ4v) is 3.68. The number of aliphatic hydroxyl groups is 2. The van der Waals surface area contributed by atoms with E-state index in [0.717, 1.165) is 6.92 Å². The highest BCUT2D eigenvalue weighted by atomic mass is 16.7. The Balaban J connectivity index is 1.68. The first kappa shape index (κ1) is 22.8. The van der Waals surface area contributed by atoms with Crippen LogP contribution in [0.3, 0.4) is 0 Å². The topological polar surface area (TPSA) is 94.5 Å². The standard InChI is InChI=1S/C26H26O7/c1-18(27)26(29)25(28)24(32-21-15-9-4-10-16-21)23(31-20-13-7-3-8-14-20)22(33-26)17-30-19-11-5-2-6-12-19/h2-16,22-25,28-29H,17H2,1H3/t22-,23-,24+,25+,26?/m1/s1. The number of carbonyl (C=O) groups excluding carboxylic acids is 1. The van der Waals surface area contributed by atoms with Crippen molar-refractivity contribution in [3.05, 3.63) is 91.0 Å². The van der Waals surface area contributed by atoms with Crippen molar-refractivity contribution in [2.75, 3.05) is 6.61 Å². The Morgan fingerprint density at radius 3 is 1.76 bits per heavy atom. The average Bonchev–Trinajstić information content (AvgIpc) is 2.84. The van der Waals surface area contributed by atoms with E-state index in [1.54, 1.807) is 48.5 Å². The van der Waals surface area contributed by atoms with Crippen molar-refractivity contribution < 1.29 is 34.0 Å². The summed E-state index contributed by atoms with van der Waals surface area (Å²) in [5, 5.41) is 22.0. The summed E-state index contributed by atoms with van der Waals surface area (Å²) >= 11 is 0. The predicted molar refractivity (Wildman–Crippen MR) is 120 cm³/mol. The van der Waals surface area contributed by atoms with Gasteiger partial charge in [0.25, 0.3) is 5.79 Å². The fourth-order valence-electron chi connectivity index (χ4n) is 3.68. The molecule has 1 aliphatic rings. The molecule has 0 aliphatic carbocycles. The van der Waals surface area contributed by atoms with Crippen molar-refractivity contribution in [3.63, 3.8) is 0 Å². The van der Waals surface area contributed by atoms with Crippen LogP contribution < -0.4 is 14.2 Å². The molecule has 0 radical (unpaired) electrons. The number of aliphatic hydroxyl groups excluding tert-OH is 1. The average molecular weight is 450 g/mol. The SMILES string of the molecule is CC(=O)C1(O)O[C@H](COc2ccccc2)[C@@H](Oc2ccccc2)[C@H](Oc2ccccc2)[C@@H]1O. The third kappa shape index (κ3) is 5.17. The van der Waals surface area contributed by atoms with Gasteiger partial charge in [0.15, 0.2) is 24.1 Å². The van der Waals surface area contributed by atoms with Crippen molar-refractivity contribution >= 4 is 5.78 Å². The Hall–Kier alpha value is -3.39. The molecule has 0 bridgehead atoms. The quantitative estimate of drug-likeness (QED) is 0.545. The summed E-state index contributed by atoms with van der Waals surface area (Å²) in [5.74, 6) is -1.70. The lowest BCUT2D eigenvalue weighted by Gasteiger charge is -2.47. The van der Waals surface area contributed by atoms with Gasteiger partial charge in [0.05, 0.1) is 0 Å². The summed E-state index contributed by atoms with van der Waals surface area (Å²) in [4.78, 5) is 12.3. The molecular formula is C26H26O7. The largest absolute Gasteiger partial charge is 0.491 e. The van der Waals surface area contributed by atoms with Crippen LogP contribution in [-0.4, -0.2) is 52.8 Å². The van der Waals surface area contributed by atoms with E-state index in [9.17, 15) is 15.0 Å². The Morgan fingerprint density at radius 2 is 1.27 bits per heavy atom. The first-order valence-electron chi connectivity index (χ1n) is 10.7. The maximum absolute atomic E-state index is 12.3. The van der Waals surface area contributed by atoms with Gasteiger partial charge in [-0.05, 0) is 36.4 Å². The minimum Gasteiger partial charge on any atom is -0.491 e. The highest BCUT2D eigenvalue weighted by molar-refractivity contribution is 5.84. The molecule has 3 aromatic rings. The number of hydrogen-bond donors (Lipinski definition) is 2. The summed E-state index contributed by atoms with van der Waals surface area (Å²) in [6.45, 7) is 1.09. The lowest BCUT2D eigenvalue weighted by atomic mass is 9.90. The molecule has 7 nitrogen and oxygen atoms in total. The second-order valence-electron chi connectivity index (χ2n) is 7.77. The highest BCUT2D eigenvalue weighted by Crippen LogP contribution is 2.34. The van der Waals surface area contributed by atoms with Gasteiger partial charge < -0.3 is 29.2 Å². The summed E-state index contributed by atoms with van der Waals surface area (Å²) < 4.78 is 23.8. The van der Waals surface area contributed by atoms with Crippen LogP contribution in [-0.2, 0) is 9.53 Å². The van der Waals surface area contributed by atoms with Crippen molar-refractivity contribution in [1.82, 2.24) is 0 Å². The van der Waals surface area contributed by atoms with Crippen LogP contribution in [0.4, 0.5) is 0 Å². The molecule has 1 aliphatic heterocycles. The zero-order valence-electron chi connectivity index (χ0n) is 18.1. The molecule has 1 saturated heterocycles. The number of ether oxygens (including phenoxy) is 4. The molecule has 0 saturated carbocycles. The first-order chi connectivity index (χ1) is 16.0. The molecule has 2 N–H and O–H groups in total. The summed E-state index contributed by atoms with van der Waals surface area (Å²) in [7, 11) is 0. The molecule has 0 spiro atoms. The Labute approximate surface area is 192 Å². The second kappa shape index (κ2) is 10.0. The van der Waals surface area contributed by atoms with E-state index in [4.69, 9.17) is 18.9 Å². The van der Waals surface area contributed by atoms with Gasteiger partial charge in [0.2, 0.25) is 0 Å². The molecule has 3 aromatic carbocycles. The minimum absolute atomic E-state index is 0.0571. The molecule has 33 heavy (non-hydrogen) atoms. The molecule has 1 heterocycles. The van der Waals surface area contributed by atoms with Crippen molar-refractivity contribution in [1.29, 1.82) is 0 Å². The molecule has 1 unspecified atom stereocenters. The molecule has 7 heteroatoms. The number of benzene rings is 3. The van der Waals surface area contributed by atoms with Crippen LogP contribution in [0.5, 0.6) is 17.2 Å². The molecular weight excluding hydrogens is 424 g/mol. The number of rotatable bonds is 8. The molecule has 1 fully saturated rings. The van der Waals surface area contributed by atoms with Gasteiger partial charge in [0, 0.05) is 6.92 Å². The predicted octanol–water partition coefficient (Wildman–Crippen LogP) is 3.00. The maximum Gasteiger partial charge on any atom is 0.257 e. The van der Waals surface area contributed by atoms with Gasteiger partial charge in [0.1, 0.15) is 30.0 Å². The van der Waals surface area contributed by atoms with E-state index >= 15 is 0 Å². The van der Waals surface area contributed by atoms with Crippen LogP contribution in [0.1, 0.15) is 6.92 Å². The van der Waals surface area contributed by atoms with E-state index in [-0.39, 0.29) is 6.61 Å². The normalized spacial score (nSPS) is 26.9. The third-order valence-electron chi connectivity index (χ3n) is 5.43. The van der Waals surface area contributed by atoms with Crippen LogP contribution in [0.2, 0.25) is 0 Å². The van der Waals surface area contributed by atoms with Gasteiger partial charge in [-0.15, -0.1) is 0 Å². The van der Waals surface area contributed by atoms with Gasteiger partial charge >= 0.3 is 0 Å². The monoisotopic (exact) mass is 450 g/mol. The molecule has 0 aromatic heterocycles. The van der Waals surface area contributed by atoms with Crippen molar-refractivity contribution in [2.45, 2.75) is 37.1 Å². The summed E-state index contributed by atoms with van der Waals surface area (Å²) in [6, 6.07) is 26.9. The number of Topliss-reactive ketones (excluding diaryl/α,β-unsaturated/α-hetero) is 1. The zero-order valence-corrected chi connectivity index (χ0v) is 18.1. The third-order valence-corrected chi connectivity index (χ3v) is 5.43. The Morgan fingerprint density at radius 1 is 0.818 bits per heavy atom. The van der Waals surface area contributed by atoms with Crippen LogP contribution in [0.25, 0.3) is 0 Å². The smallest absolute Gasteiger partial charge is 0.257 e. The van der Waals surface area contributed by atoms with Gasteiger partial charge in [-0.25, -0.2) is 0 Å². The van der Waals surface area contributed by atoms with Gasteiger partial charge in [-0.1, -0.05) is 54.6 Å². The van der Waals surface area contributed by atoms with E-state index in [1.807, 2.05) is 42.5 Å². The zero-order chi connectivity index (χ0) is 23.3. The number of para-hydroxylation sites is 3. The van der Waals surface area contributed by atoms with Crippen LogP contribution in [0, 0.1) is 0 Å². The van der Waals surface area contributed by atoms with E-state index < -0.39 is 36.0 Å². The summed E-state index contributed by atoms with van der Waals surface area (Å²) in [6.07, 6.45) is -4.71. The highest BCUT2D eigenvalue weighted by Gasteiger charge is 2.59. The molecule has 5 atom stereocenters. The fraction of sp³-hybridized carbons (Fsp3) is 0.269. The van der Waals surface area contributed by atoms with Crippen molar-refractivity contribution in [2.24, 2.45) is 0 Å². The lowest BCUT2D eigenvalue weighted by Crippen LogP contribution is -2.70. The minimum atomic E-state index is -2.49. The van der Waals surface area contributed by atoms with E-state index in [1.165, 1.54) is 0 Å². The molecule has 4 rings (SSSR count). The second-order valence-corrected chi connectivity index (χ2v) is 7.77. The van der Waals surface area contributed by atoms with Crippen molar-refractivity contribution in [3.8, 4) is 17.2 Å². The first-order valence-corrected chi connectivity index (χ1v) is 10.7. The number of ketones is 1. The van der Waals surface area contributed by atoms with E-state index in [2.05, 4.69) is 0 Å². The van der Waals surface area contributed by atoms with Crippen LogP contribution in [0.15, 0.2) is 91.0 Å². The number of carbonyl (C=O) groups is 1. The maximum atomic E-state index is 12.3.